The Morgan fingerprint density at radius 2 is 2.12 bits per heavy atom. The summed E-state index contributed by atoms with van der Waals surface area (Å²) in [5.41, 5.74) is 1.20. The standard InChI is InChI=1S/C13H17ClO2/c1-2-15-12-5-3-10(4-6-12)13-11(9-14)7-8-16-13/h3-6,11,13H,2,7-9H2,1H3. The number of hydrogen-bond acceptors (Lipinski definition) is 2. The van der Waals surface area contributed by atoms with Gasteiger partial charge in [0.1, 0.15) is 5.75 Å². The van der Waals surface area contributed by atoms with Crippen LogP contribution in [-0.4, -0.2) is 19.1 Å². The maximum Gasteiger partial charge on any atom is 0.119 e. The molecule has 1 fully saturated rings. The van der Waals surface area contributed by atoms with Crippen molar-refractivity contribution in [2.75, 3.05) is 19.1 Å². The Kier molecular flexibility index (Phi) is 4.08. The van der Waals surface area contributed by atoms with Crippen molar-refractivity contribution >= 4 is 11.6 Å². The van der Waals surface area contributed by atoms with E-state index < -0.39 is 0 Å². The maximum atomic E-state index is 5.93. The summed E-state index contributed by atoms with van der Waals surface area (Å²) in [5, 5.41) is 0. The Morgan fingerprint density at radius 1 is 1.38 bits per heavy atom. The smallest absolute Gasteiger partial charge is 0.119 e. The van der Waals surface area contributed by atoms with Crippen LogP contribution in [0.2, 0.25) is 0 Å². The van der Waals surface area contributed by atoms with Crippen LogP contribution in [0.15, 0.2) is 24.3 Å². The normalized spacial score (nSPS) is 24.6. The molecule has 0 aromatic heterocycles. The molecular weight excluding hydrogens is 224 g/mol. The van der Waals surface area contributed by atoms with Gasteiger partial charge >= 0.3 is 0 Å². The molecule has 1 saturated heterocycles. The monoisotopic (exact) mass is 240 g/mol. The molecular formula is C13H17ClO2. The van der Waals surface area contributed by atoms with E-state index in [4.69, 9.17) is 21.1 Å². The number of alkyl halides is 1. The zero-order chi connectivity index (χ0) is 11.4. The minimum atomic E-state index is 0.160. The minimum absolute atomic E-state index is 0.160. The summed E-state index contributed by atoms with van der Waals surface area (Å²) in [6.45, 7) is 3.50. The highest BCUT2D eigenvalue weighted by atomic mass is 35.5. The van der Waals surface area contributed by atoms with E-state index in [0.717, 1.165) is 18.8 Å². The summed E-state index contributed by atoms with van der Waals surface area (Å²) >= 11 is 5.93. The molecule has 0 amide bonds. The quantitative estimate of drug-likeness (QED) is 0.751. The van der Waals surface area contributed by atoms with Crippen LogP contribution in [0.3, 0.4) is 0 Å². The van der Waals surface area contributed by atoms with E-state index >= 15 is 0 Å². The van der Waals surface area contributed by atoms with Crippen LogP contribution < -0.4 is 4.74 Å². The lowest BCUT2D eigenvalue weighted by Crippen LogP contribution is -2.08. The van der Waals surface area contributed by atoms with Crippen molar-refractivity contribution in [3.8, 4) is 5.75 Å². The number of rotatable bonds is 4. The average molecular weight is 241 g/mol. The summed E-state index contributed by atoms with van der Waals surface area (Å²) in [7, 11) is 0. The third kappa shape index (κ3) is 2.50. The molecule has 1 aliphatic rings. The number of benzene rings is 1. The Bertz CT molecular complexity index is 323. The first-order valence-electron chi connectivity index (χ1n) is 5.75. The summed E-state index contributed by atoms with van der Waals surface area (Å²) in [4.78, 5) is 0. The highest BCUT2D eigenvalue weighted by Crippen LogP contribution is 2.35. The summed E-state index contributed by atoms with van der Waals surface area (Å²) < 4.78 is 11.1. The lowest BCUT2D eigenvalue weighted by molar-refractivity contribution is 0.0951. The molecule has 16 heavy (non-hydrogen) atoms. The van der Waals surface area contributed by atoms with Gasteiger partial charge in [0.25, 0.3) is 0 Å². The van der Waals surface area contributed by atoms with Gasteiger partial charge in [-0.1, -0.05) is 12.1 Å². The molecule has 1 aromatic rings. The maximum absolute atomic E-state index is 5.93. The van der Waals surface area contributed by atoms with Crippen molar-refractivity contribution in [1.29, 1.82) is 0 Å². The van der Waals surface area contributed by atoms with Crippen molar-refractivity contribution in [2.45, 2.75) is 19.4 Å². The molecule has 0 bridgehead atoms. The molecule has 0 spiro atoms. The SMILES string of the molecule is CCOc1ccc(C2OCCC2CCl)cc1. The Balaban J connectivity index is 2.08. The molecule has 88 valence electrons. The fourth-order valence-corrected chi connectivity index (χ4v) is 2.40. The Hall–Kier alpha value is -0.730. The second-order valence-electron chi connectivity index (χ2n) is 4.00. The van der Waals surface area contributed by atoms with Crippen LogP contribution >= 0.6 is 11.6 Å². The third-order valence-corrected chi connectivity index (χ3v) is 3.33. The number of ether oxygens (including phenoxy) is 2. The van der Waals surface area contributed by atoms with Crippen LogP contribution in [0.1, 0.15) is 25.0 Å². The van der Waals surface area contributed by atoms with Crippen LogP contribution in [0.4, 0.5) is 0 Å². The molecule has 0 N–H and O–H groups in total. The Labute approximate surface area is 102 Å². The van der Waals surface area contributed by atoms with Crippen molar-refractivity contribution in [2.24, 2.45) is 5.92 Å². The first-order valence-corrected chi connectivity index (χ1v) is 6.29. The van der Waals surface area contributed by atoms with E-state index in [1.807, 2.05) is 19.1 Å². The van der Waals surface area contributed by atoms with Crippen molar-refractivity contribution in [1.82, 2.24) is 0 Å². The molecule has 1 heterocycles. The molecule has 1 aromatic carbocycles. The molecule has 0 radical (unpaired) electrons. The van der Waals surface area contributed by atoms with Gasteiger partial charge in [-0.05, 0) is 31.0 Å². The molecule has 2 nitrogen and oxygen atoms in total. The molecule has 2 rings (SSSR count). The summed E-state index contributed by atoms with van der Waals surface area (Å²) in [6, 6.07) is 8.12. The predicted octanol–water partition coefficient (Wildman–Crippen LogP) is 3.40. The van der Waals surface area contributed by atoms with E-state index in [1.54, 1.807) is 0 Å². The minimum Gasteiger partial charge on any atom is -0.494 e. The van der Waals surface area contributed by atoms with E-state index in [2.05, 4.69) is 12.1 Å². The fraction of sp³-hybridized carbons (Fsp3) is 0.538. The van der Waals surface area contributed by atoms with Crippen LogP contribution in [-0.2, 0) is 4.74 Å². The van der Waals surface area contributed by atoms with E-state index in [1.165, 1.54) is 5.56 Å². The molecule has 1 aliphatic heterocycles. The second-order valence-corrected chi connectivity index (χ2v) is 4.31. The Morgan fingerprint density at radius 3 is 2.75 bits per heavy atom. The second kappa shape index (κ2) is 5.55. The first kappa shape index (κ1) is 11.7. The molecule has 3 heteroatoms. The highest BCUT2D eigenvalue weighted by molar-refractivity contribution is 6.18. The van der Waals surface area contributed by atoms with Crippen molar-refractivity contribution in [3.05, 3.63) is 29.8 Å². The average Bonchev–Trinajstić information content (AvgIpc) is 2.78. The zero-order valence-corrected chi connectivity index (χ0v) is 10.2. The lowest BCUT2D eigenvalue weighted by Gasteiger charge is -2.16. The van der Waals surface area contributed by atoms with Crippen molar-refractivity contribution in [3.63, 3.8) is 0 Å². The van der Waals surface area contributed by atoms with Gasteiger partial charge in [0, 0.05) is 18.4 Å². The van der Waals surface area contributed by atoms with Gasteiger partial charge in [0.05, 0.1) is 12.7 Å². The van der Waals surface area contributed by atoms with Gasteiger partial charge in [-0.25, -0.2) is 0 Å². The van der Waals surface area contributed by atoms with Crippen LogP contribution in [0, 0.1) is 5.92 Å². The lowest BCUT2D eigenvalue weighted by atomic mass is 9.97. The molecule has 2 unspecified atom stereocenters. The zero-order valence-electron chi connectivity index (χ0n) is 9.49. The van der Waals surface area contributed by atoms with Gasteiger partial charge in [-0.3, -0.25) is 0 Å². The topological polar surface area (TPSA) is 18.5 Å². The van der Waals surface area contributed by atoms with Gasteiger partial charge in [-0.2, -0.15) is 0 Å². The third-order valence-electron chi connectivity index (χ3n) is 2.93. The molecule has 2 atom stereocenters. The fourth-order valence-electron chi connectivity index (χ4n) is 2.08. The van der Waals surface area contributed by atoms with Gasteiger partial charge in [0.15, 0.2) is 0 Å². The van der Waals surface area contributed by atoms with Gasteiger partial charge < -0.3 is 9.47 Å². The number of halogens is 1. The predicted molar refractivity (Wildman–Crippen MR) is 65.1 cm³/mol. The van der Waals surface area contributed by atoms with Gasteiger partial charge in [0.2, 0.25) is 0 Å². The summed E-state index contributed by atoms with van der Waals surface area (Å²) in [6.07, 6.45) is 1.22. The molecule has 0 saturated carbocycles. The largest absolute Gasteiger partial charge is 0.494 e. The van der Waals surface area contributed by atoms with Crippen molar-refractivity contribution < 1.29 is 9.47 Å². The van der Waals surface area contributed by atoms with E-state index in [9.17, 15) is 0 Å². The van der Waals surface area contributed by atoms with Gasteiger partial charge in [-0.15, -0.1) is 11.6 Å². The highest BCUT2D eigenvalue weighted by Gasteiger charge is 2.28. The number of hydrogen-bond donors (Lipinski definition) is 0. The van der Waals surface area contributed by atoms with E-state index in [0.29, 0.717) is 18.4 Å². The molecule has 0 aliphatic carbocycles. The van der Waals surface area contributed by atoms with Crippen LogP contribution in [0.5, 0.6) is 5.75 Å². The summed E-state index contributed by atoms with van der Waals surface area (Å²) in [5.74, 6) is 2.02. The van der Waals surface area contributed by atoms with Crippen LogP contribution in [0.25, 0.3) is 0 Å². The first-order chi connectivity index (χ1) is 7.85. The van der Waals surface area contributed by atoms with E-state index in [-0.39, 0.29) is 6.10 Å².